The van der Waals surface area contributed by atoms with Crippen LogP contribution in [0.1, 0.15) is 13.8 Å². The summed E-state index contributed by atoms with van der Waals surface area (Å²) in [7, 11) is 0. The van der Waals surface area contributed by atoms with Gasteiger partial charge in [0, 0.05) is 13.1 Å². The molecule has 2 heterocycles. The number of nitrogen functional groups attached to an aromatic ring is 1. The first-order chi connectivity index (χ1) is 7.54. The highest BCUT2D eigenvalue weighted by Crippen LogP contribution is 2.18. The molecule has 88 valence electrons. The van der Waals surface area contributed by atoms with E-state index in [4.69, 9.17) is 22.1 Å². The maximum absolute atomic E-state index is 5.74. The van der Waals surface area contributed by atoms with Crippen LogP contribution in [0.5, 0.6) is 0 Å². The van der Waals surface area contributed by atoms with Gasteiger partial charge in [0.2, 0.25) is 17.2 Å². The van der Waals surface area contributed by atoms with Gasteiger partial charge in [0.25, 0.3) is 0 Å². The van der Waals surface area contributed by atoms with Gasteiger partial charge in [-0.2, -0.15) is 15.0 Å². The van der Waals surface area contributed by atoms with Gasteiger partial charge in [-0.25, -0.2) is 0 Å². The van der Waals surface area contributed by atoms with Crippen molar-refractivity contribution < 1.29 is 4.74 Å². The first-order valence-electron chi connectivity index (χ1n) is 5.12. The van der Waals surface area contributed by atoms with Crippen LogP contribution in [0.2, 0.25) is 5.28 Å². The molecule has 1 aromatic heterocycles. The van der Waals surface area contributed by atoms with Crippen LogP contribution in [0.15, 0.2) is 0 Å². The zero-order valence-corrected chi connectivity index (χ0v) is 9.98. The summed E-state index contributed by atoms with van der Waals surface area (Å²) in [5, 5.41) is 0.120. The number of anilines is 2. The summed E-state index contributed by atoms with van der Waals surface area (Å²) < 4.78 is 5.62. The van der Waals surface area contributed by atoms with Gasteiger partial charge in [-0.1, -0.05) is 0 Å². The summed E-state index contributed by atoms with van der Waals surface area (Å²) in [6.45, 7) is 5.47. The molecule has 0 unspecified atom stereocenters. The van der Waals surface area contributed by atoms with Crippen LogP contribution in [-0.2, 0) is 4.74 Å². The highest BCUT2D eigenvalue weighted by Gasteiger charge is 2.24. The highest BCUT2D eigenvalue weighted by atomic mass is 35.5. The van der Waals surface area contributed by atoms with Crippen molar-refractivity contribution in [3.8, 4) is 0 Å². The van der Waals surface area contributed by atoms with E-state index in [0.717, 1.165) is 13.1 Å². The molecule has 1 aliphatic rings. The molecule has 1 aliphatic heterocycles. The van der Waals surface area contributed by atoms with Gasteiger partial charge < -0.3 is 15.4 Å². The van der Waals surface area contributed by atoms with E-state index in [9.17, 15) is 0 Å². The van der Waals surface area contributed by atoms with Crippen molar-refractivity contribution in [2.45, 2.75) is 26.1 Å². The van der Waals surface area contributed by atoms with E-state index < -0.39 is 0 Å². The molecule has 0 amide bonds. The van der Waals surface area contributed by atoms with Gasteiger partial charge in [-0.3, -0.25) is 0 Å². The fourth-order valence-electron chi connectivity index (χ4n) is 1.84. The fraction of sp³-hybridized carbons (Fsp3) is 0.667. The van der Waals surface area contributed by atoms with Crippen molar-refractivity contribution in [3.63, 3.8) is 0 Å². The van der Waals surface area contributed by atoms with Crippen LogP contribution in [0.25, 0.3) is 0 Å². The summed E-state index contributed by atoms with van der Waals surface area (Å²) in [5.41, 5.74) is 5.53. The minimum absolute atomic E-state index is 0.120. The Morgan fingerprint density at radius 1 is 1.25 bits per heavy atom. The molecule has 16 heavy (non-hydrogen) atoms. The molecule has 0 aromatic carbocycles. The summed E-state index contributed by atoms with van der Waals surface area (Å²) in [4.78, 5) is 13.9. The van der Waals surface area contributed by atoms with Gasteiger partial charge in [0.1, 0.15) is 0 Å². The molecule has 7 heteroatoms. The molecule has 0 saturated carbocycles. The van der Waals surface area contributed by atoms with Crippen molar-refractivity contribution in [1.29, 1.82) is 0 Å². The van der Waals surface area contributed by atoms with Gasteiger partial charge in [-0.15, -0.1) is 0 Å². The summed E-state index contributed by atoms with van der Waals surface area (Å²) >= 11 is 5.74. The number of hydrogen-bond donors (Lipinski definition) is 1. The molecule has 2 N–H and O–H groups in total. The maximum Gasteiger partial charge on any atom is 0.231 e. The molecule has 0 radical (unpaired) electrons. The smallest absolute Gasteiger partial charge is 0.231 e. The highest BCUT2D eigenvalue weighted by molar-refractivity contribution is 6.28. The Labute approximate surface area is 98.8 Å². The molecule has 2 atom stereocenters. The summed E-state index contributed by atoms with van der Waals surface area (Å²) in [6.07, 6.45) is 0.279. The zero-order valence-electron chi connectivity index (χ0n) is 9.22. The van der Waals surface area contributed by atoms with Crippen LogP contribution < -0.4 is 10.6 Å². The molecule has 0 spiro atoms. The van der Waals surface area contributed by atoms with Crippen molar-refractivity contribution in [2.75, 3.05) is 23.7 Å². The van der Waals surface area contributed by atoms with Crippen LogP contribution in [-0.4, -0.2) is 40.2 Å². The first kappa shape index (κ1) is 11.3. The Balaban J connectivity index is 2.22. The lowest BCUT2D eigenvalue weighted by atomic mass is 10.2. The van der Waals surface area contributed by atoms with Crippen molar-refractivity contribution in [3.05, 3.63) is 5.28 Å². The largest absolute Gasteiger partial charge is 0.372 e. The average molecular weight is 244 g/mol. The fourth-order valence-corrected chi connectivity index (χ4v) is 2.00. The van der Waals surface area contributed by atoms with Crippen LogP contribution >= 0.6 is 11.6 Å². The standard InChI is InChI=1S/C9H14ClN5O/c1-5-3-15(4-6(2)16-5)9-13-7(10)12-8(11)14-9/h5-6H,3-4H2,1-2H3,(H2,11,12,13,14)/t5-,6+. The molecular weight excluding hydrogens is 230 g/mol. The lowest BCUT2D eigenvalue weighted by molar-refractivity contribution is -0.00572. The van der Waals surface area contributed by atoms with E-state index in [1.54, 1.807) is 0 Å². The second kappa shape index (κ2) is 4.39. The number of hydrogen-bond acceptors (Lipinski definition) is 6. The Kier molecular flexibility index (Phi) is 3.11. The third kappa shape index (κ3) is 2.51. The van der Waals surface area contributed by atoms with Crippen molar-refractivity contribution in [1.82, 2.24) is 15.0 Å². The van der Waals surface area contributed by atoms with E-state index >= 15 is 0 Å². The van der Waals surface area contributed by atoms with Crippen LogP contribution in [0.3, 0.4) is 0 Å². The molecular formula is C9H14ClN5O. The minimum atomic E-state index is 0.120. The minimum Gasteiger partial charge on any atom is -0.372 e. The molecule has 1 saturated heterocycles. The second-order valence-electron chi connectivity index (χ2n) is 3.92. The molecule has 1 aromatic rings. The summed E-state index contributed by atoms with van der Waals surface area (Å²) in [6, 6.07) is 0. The second-order valence-corrected chi connectivity index (χ2v) is 4.26. The zero-order chi connectivity index (χ0) is 11.7. The number of halogens is 1. The maximum atomic E-state index is 5.74. The van der Waals surface area contributed by atoms with Gasteiger partial charge in [0.05, 0.1) is 12.2 Å². The number of morpholine rings is 1. The summed E-state index contributed by atoms with van der Waals surface area (Å²) in [5.74, 6) is 0.654. The molecule has 6 nitrogen and oxygen atoms in total. The Hall–Kier alpha value is -1.14. The van der Waals surface area contributed by atoms with Crippen LogP contribution in [0, 0.1) is 0 Å². The van der Waals surface area contributed by atoms with E-state index in [-0.39, 0.29) is 23.4 Å². The van der Waals surface area contributed by atoms with Crippen molar-refractivity contribution >= 4 is 23.5 Å². The molecule has 1 fully saturated rings. The predicted molar refractivity (Wildman–Crippen MR) is 61.5 cm³/mol. The van der Waals surface area contributed by atoms with E-state index in [2.05, 4.69) is 15.0 Å². The third-order valence-electron chi connectivity index (χ3n) is 2.32. The van der Waals surface area contributed by atoms with Crippen LogP contribution in [0.4, 0.5) is 11.9 Å². The Bertz CT molecular complexity index is 358. The number of aromatic nitrogens is 3. The van der Waals surface area contributed by atoms with E-state index in [1.807, 2.05) is 18.7 Å². The van der Waals surface area contributed by atoms with E-state index in [1.165, 1.54) is 0 Å². The van der Waals surface area contributed by atoms with E-state index in [0.29, 0.717) is 5.95 Å². The van der Waals surface area contributed by atoms with Crippen molar-refractivity contribution in [2.24, 2.45) is 0 Å². The number of ether oxygens (including phenoxy) is 1. The molecule has 0 aliphatic carbocycles. The topological polar surface area (TPSA) is 77.2 Å². The Morgan fingerprint density at radius 2 is 1.88 bits per heavy atom. The van der Waals surface area contributed by atoms with Gasteiger partial charge in [-0.05, 0) is 25.4 Å². The normalized spacial score (nSPS) is 25.8. The van der Waals surface area contributed by atoms with Gasteiger partial charge >= 0.3 is 0 Å². The predicted octanol–water partition coefficient (Wildman–Crippen LogP) is 0.721. The SMILES string of the molecule is C[C@@H]1CN(c2nc(N)nc(Cl)n2)C[C@H](C)O1. The lowest BCUT2D eigenvalue weighted by Crippen LogP contribution is -2.46. The number of nitrogens with two attached hydrogens (primary N) is 1. The monoisotopic (exact) mass is 243 g/mol. The molecule has 0 bridgehead atoms. The average Bonchev–Trinajstić information content (AvgIpc) is 2.14. The number of rotatable bonds is 1. The lowest BCUT2D eigenvalue weighted by Gasteiger charge is -2.35. The first-order valence-corrected chi connectivity index (χ1v) is 5.50. The van der Waals surface area contributed by atoms with Gasteiger partial charge in [0.15, 0.2) is 0 Å². The molecule has 2 rings (SSSR count). The third-order valence-corrected chi connectivity index (χ3v) is 2.49. The quantitative estimate of drug-likeness (QED) is 0.783. The number of nitrogens with zero attached hydrogens (tertiary/aromatic N) is 4. The Morgan fingerprint density at radius 3 is 2.44 bits per heavy atom.